The average Bonchev–Trinajstić information content (AvgIpc) is 2.90. The quantitative estimate of drug-likeness (QED) is 0.737. The molecule has 2 heterocycles. The molecule has 1 atom stereocenters. The molecule has 3 amide bonds. The number of para-hydroxylation sites is 1. The number of aromatic nitrogens is 2. The van der Waals surface area contributed by atoms with Crippen molar-refractivity contribution in [3.63, 3.8) is 0 Å². The number of hydrogen-bond acceptors (Lipinski definition) is 4. The Morgan fingerprint density at radius 3 is 2.54 bits per heavy atom. The first-order valence-corrected chi connectivity index (χ1v) is 8.50. The van der Waals surface area contributed by atoms with E-state index in [1.165, 1.54) is 4.90 Å². The first-order valence-electron chi connectivity index (χ1n) is 8.50. The summed E-state index contributed by atoms with van der Waals surface area (Å²) >= 11 is 0. The van der Waals surface area contributed by atoms with E-state index in [2.05, 4.69) is 15.3 Å². The summed E-state index contributed by atoms with van der Waals surface area (Å²) in [5.74, 6) is 0.221. The summed E-state index contributed by atoms with van der Waals surface area (Å²) in [6.45, 7) is 1.97. The summed E-state index contributed by atoms with van der Waals surface area (Å²) in [5, 5.41) is 3.72. The second-order valence-electron chi connectivity index (χ2n) is 6.36. The largest absolute Gasteiger partial charge is 0.325 e. The van der Waals surface area contributed by atoms with Crippen molar-refractivity contribution in [3.8, 4) is 0 Å². The minimum Gasteiger partial charge on any atom is -0.325 e. The highest BCUT2D eigenvalue weighted by Crippen LogP contribution is 2.18. The number of aryl methyl sites for hydroxylation is 1. The van der Waals surface area contributed by atoms with Crippen LogP contribution >= 0.6 is 0 Å². The van der Waals surface area contributed by atoms with Crippen LogP contribution in [-0.2, 0) is 17.8 Å². The summed E-state index contributed by atoms with van der Waals surface area (Å²) in [5.41, 5.74) is 2.65. The Labute approximate surface area is 150 Å². The number of amides is 3. The molecule has 1 unspecified atom stereocenters. The monoisotopic (exact) mass is 346 g/mol. The maximum Gasteiger partial charge on any atom is 0.325 e. The zero-order chi connectivity index (χ0) is 18.1. The maximum absolute atomic E-state index is 12.7. The molecule has 0 saturated carbocycles. The van der Waals surface area contributed by atoms with Crippen LogP contribution in [0.4, 0.5) is 4.79 Å². The zero-order valence-corrected chi connectivity index (χ0v) is 14.3. The van der Waals surface area contributed by atoms with Crippen LogP contribution in [0.2, 0.25) is 0 Å². The van der Waals surface area contributed by atoms with Gasteiger partial charge in [0.05, 0.1) is 12.1 Å². The highest BCUT2D eigenvalue weighted by molar-refractivity contribution is 6.04. The van der Waals surface area contributed by atoms with Crippen LogP contribution in [0.3, 0.4) is 0 Å². The topological polar surface area (TPSA) is 75.2 Å². The number of carbonyl (C=O) groups excluding carboxylic acids is 2. The van der Waals surface area contributed by atoms with Gasteiger partial charge in [0.2, 0.25) is 0 Å². The van der Waals surface area contributed by atoms with E-state index in [-0.39, 0.29) is 12.5 Å². The molecule has 1 fully saturated rings. The molecule has 1 N–H and O–H groups in total. The van der Waals surface area contributed by atoms with Crippen LogP contribution in [-0.4, -0.2) is 32.8 Å². The number of urea groups is 1. The molecule has 130 valence electrons. The van der Waals surface area contributed by atoms with Crippen molar-refractivity contribution in [2.75, 3.05) is 0 Å². The fourth-order valence-electron chi connectivity index (χ4n) is 3.22. The number of nitrogens with zero attached hydrogens (tertiary/aromatic N) is 3. The van der Waals surface area contributed by atoms with Gasteiger partial charge in [0, 0.05) is 17.5 Å². The minimum atomic E-state index is -0.550. The third-order valence-corrected chi connectivity index (χ3v) is 4.53. The lowest BCUT2D eigenvalue weighted by Crippen LogP contribution is -2.32. The molecule has 2 aromatic carbocycles. The molecule has 26 heavy (non-hydrogen) atoms. The van der Waals surface area contributed by atoms with Crippen molar-refractivity contribution in [3.05, 3.63) is 71.7 Å². The first kappa shape index (κ1) is 16.2. The van der Waals surface area contributed by atoms with Gasteiger partial charge in [0.25, 0.3) is 5.91 Å². The fraction of sp³-hybridized carbons (Fsp3) is 0.200. The Morgan fingerprint density at radius 1 is 1.00 bits per heavy atom. The van der Waals surface area contributed by atoms with Crippen molar-refractivity contribution in [1.29, 1.82) is 0 Å². The number of fused-ring (bicyclic) bond motifs is 1. The molecule has 1 aliphatic rings. The van der Waals surface area contributed by atoms with Crippen molar-refractivity contribution >= 4 is 22.8 Å². The number of nitrogens with one attached hydrogen (secondary N) is 1. The van der Waals surface area contributed by atoms with Crippen LogP contribution in [0.5, 0.6) is 0 Å². The fourth-order valence-corrected chi connectivity index (χ4v) is 3.22. The Balaban J connectivity index is 1.55. The normalized spacial score (nSPS) is 17.0. The summed E-state index contributed by atoms with van der Waals surface area (Å²) in [4.78, 5) is 35.1. The molecule has 4 rings (SSSR count). The maximum atomic E-state index is 12.7. The second kappa shape index (κ2) is 6.55. The highest BCUT2D eigenvalue weighted by Gasteiger charge is 2.38. The molecule has 1 aromatic heterocycles. The number of imide groups is 1. The zero-order valence-electron chi connectivity index (χ0n) is 14.3. The Hall–Kier alpha value is -3.28. The molecule has 1 aliphatic heterocycles. The van der Waals surface area contributed by atoms with Gasteiger partial charge in [-0.15, -0.1) is 0 Å². The Bertz CT molecular complexity index is 988. The molecule has 0 aliphatic carbocycles. The third kappa shape index (κ3) is 3.01. The number of hydrogen-bond donors (Lipinski definition) is 1. The van der Waals surface area contributed by atoms with Crippen LogP contribution in [0.25, 0.3) is 10.9 Å². The third-order valence-electron chi connectivity index (χ3n) is 4.53. The molecule has 6 nitrogen and oxygen atoms in total. The molecule has 1 saturated heterocycles. The van der Waals surface area contributed by atoms with Crippen LogP contribution in [0, 0.1) is 6.92 Å². The number of benzene rings is 2. The van der Waals surface area contributed by atoms with Crippen molar-refractivity contribution in [1.82, 2.24) is 20.2 Å². The predicted octanol–water partition coefficient (Wildman–Crippen LogP) is 2.60. The predicted molar refractivity (Wildman–Crippen MR) is 97.3 cm³/mol. The lowest BCUT2D eigenvalue weighted by atomic mass is 10.1. The van der Waals surface area contributed by atoms with Crippen molar-refractivity contribution in [2.24, 2.45) is 0 Å². The van der Waals surface area contributed by atoms with Crippen LogP contribution in [0.15, 0.2) is 54.6 Å². The second-order valence-corrected chi connectivity index (χ2v) is 6.36. The molecular formula is C20H18N4O2. The van der Waals surface area contributed by atoms with E-state index >= 15 is 0 Å². The van der Waals surface area contributed by atoms with Crippen molar-refractivity contribution < 1.29 is 9.59 Å². The Kier molecular flexibility index (Phi) is 4.08. The summed E-state index contributed by atoms with van der Waals surface area (Å²) in [7, 11) is 0. The molecule has 6 heteroatoms. The van der Waals surface area contributed by atoms with Gasteiger partial charge in [0.1, 0.15) is 11.9 Å². The van der Waals surface area contributed by atoms with E-state index in [4.69, 9.17) is 0 Å². The average molecular weight is 346 g/mol. The molecular weight excluding hydrogens is 328 g/mol. The van der Waals surface area contributed by atoms with E-state index in [1.54, 1.807) is 0 Å². The standard InChI is InChI=1S/C20H18N4O2/c1-13-15-9-5-6-10-16(15)22-18(21-13)12-24-19(25)17(23-20(24)26)11-14-7-3-2-4-8-14/h2-10,17H,11-12H2,1H3,(H,23,26). The molecule has 3 aromatic rings. The smallest absolute Gasteiger partial charge is 0.325 e. The van der Waals surface area contributed by atoms with Gasteiger partial charge in [-0.25, -0.2) is 14.8 Å². The van der Waals surface area contributed by atoms with E-state index in [9.17, 15) is 9.59 Å². The Morgan fingerprint density at radius 2 is 1.73 bits per heavy atom. The van der Waals surface area contributed by atoms with E-state index in [1.807, 2.05) is 61.5 Å². The minimum absolute atomic E-state index is 0.0711. The molecule has 0 radical (unpaired) electrons. The SMILES string of the molecule is Cc1nc(CN2C(=O)NC(Cc3ccccc3)C2=O)nc2ccccc12. The molecule has 0 spiro atoms. The van der Waals surface area contributed by atoms with E-state index < -0.39 is 12.1 Å². The van der Waals surface area contributed by atoms with Crippen LogP contribution < -0.4 is 5.32 Å². The van der Waals surface area contributed by atoms with E-state index in [0.29, 0.717) is 12.2 Å². The van der Waals surface area contributed by atoms with Gasteiger partial charge >= 0.3 is 6.03 Å². The lowest BCUT2D eigenvalue weighted by molar-refractivity contribution is -0.127. The van der Waals surface area contributed by atoms with Gasteiger partial charge in [0.15, 0.2) is 0 Å². The summed E-state index contributed by atoms with van der Waals surface area (Å²) < 4.78 is 0. The van der Waals surface area contributed by atoms with Gasteiger partial charge in [-0.1, -0.05) is 48.5 Å². The van der Waals surface area contributed by atoms with Crippen molar-refractivity contribution in [2.45, 2.75) is 25.9 Å². The van der Waals surface area contributed by atoms with E-state index in [0.717, 1.165) is 22.2 Å². The number of carbonyl (C=O) groups is 2. The molecule has 0 bridgehead atoms. The summed E-state index contributed by atoms with van der Waals surface area (Å²) in [6, 6.07) is 16.4. The van der Waals surface area contributed by atoms with Gasteiger partial charge in [-0.2, -0.15) is 0 Å². The van der Waals surface area contributed by atoms with Gasteiger partial charge in [-0.3, -0.25) is 9.69 Å². The first-order chi connectivity index (χ1) is 12.6. The van der Waals surface area contributed by atoms with Crippen LogP contribution in [0.1, 0.15) is 17.1 Å². The number of rotatable bonds is 4. The van der Waals surface area contributed by atoms with Gasteiger partial charge in [-0.05, 0) is 18.6 Å². The van der Waals surface area contributed by atoms with Gasteiger partial charge < -0.3 is 5.32 Å². The highest BCUT2D eigenvalue weighted by atomic mass is 16.2. The summed E-state index contributed by atoms with van der Waals surface area (Å²) in [6.07, 6.45) is 0.472. The lowest BCUT2D eigenvalue weighted by Gasteiger charge is -2.13.